The van der Waals surface area contributed by atoms with E-state index in [-0.39, 0.29) is 24.2 Å². The van der Waals surface area contributed by atoms with Gasteiger partial charge in [-0.15, -0.1) is 0 Å². The first kappa shape index (κ1) is 16.4. The van der Waals surface area contributed by atoms with Gasteiger partial charge in [-0.3, -0.25) is 0 Å². The number of aliphatic hydroxyl groups excluding tert-OH is 1. The number of benzene rings is 1. The van der Waals surface area contributed by atoms with E-state index in [1.165, 1.54) is 19.2 Å². The standard InChI is InChI=1S/C14H20FNO4S/c1-16(9-12-4-2-3-7-20-12)21(18,19)14-6-5-11(10-17)8-13(14)15/h5-6,8,12,17H,2-4,7,9-10H2,1H3. The van der Waals surface area contributed by atoms with E-state index in [0.29, 0.717) is 12.2 Å². The van der Waals surface area contributed by atoms with Gasteiger partial charge in [0.2, 0.25) is 10.0 Å². The first-order chi connectivity index (χ1) is 9.95. The Morgan fingerprint density at radius 2 is 2.19 bits per heavy atom. The van der Waals surface area contributed by atoms with Crippen LogP contribution in [0.25, 0.3) is 0 Å². The Kier molecular flexibility index (Phi) is 5.32. The molecular weight excluding hydrogens is 297 g/mol. The van der Waals surface area contributed by atoms with E-state index < -0.39 is 15.8 Å². The third-order valence-corrected chi connectivity index (χ3v) is 5.46. The van der Waals surface area contributed by atoms with E-state index in [1.807, 2.05) is 0 Å². The fourth-order valence-corrected chi connectivity index (χ4v) is 3.60. The van der Waals surface area contributed by atoms with Crippen LogP contribution in [-0.4, -0.2) is 44.1 Å². The second-order valence-electron chi connectivity index (χ2n) is 5.20. The lowest BCUT2D eigenvalue weighted by Gasteiger charge is -2.27. The fraction of sp³-hybridized carbons (Fsp3) is 0.571. The Morgan fingerprint density at radius 1 is 1.43 bits per heavy atom. The Morgan fingerprint density at radius 3 is 2.76 bits per heavy atom. The highest BCUT2D eigenvalue weighted by atomic mass is 32.2. The number of nitrogens with zero attached hydrogens (tertiary/aromatic N) is 1. The number of halogens is 1. The van der Waals surface area contributed by atoms with Gasteiger partial charge < -0.3 is 9.84 Å². The fourth-order valence-electron chi connectivity index (χ4n) is 2.36. The molecule has 0 radical (unpaired) electrons. The molecule has 0 saturated carbocycles. The summed E-state index contributed by atoms with van der Waals surface area (Å²) in [5.74, 6) is -0.849. The predicted molar refractivity (Wildman–Crippen MR) is 75.7 cm³/mol. The zero-order valence-electron chi connectivity index (χ0n) is 12.0. The SMILES string of the molecule is CN(CC1CCCCO1)S(=O)(=O)c1ccc(CO)cc1F. The van der Waals surface area contributed by atoms with E-state index >= 15 is 0 Å². The van der Waals surface area contributed by atoms with Gasteiger partial charge in [-0.1, -0.05) is 6.07 Å². The van der Waals surface area contributed by atoms with Crippen LogP contribution in [0.4, 0.5) is 4.39 Å². The van der Waals surface area contributed by atoms with Crippen molar-refractivity contribution in [1.82, 2.24) is 4.31 Å². The third kappa shape index (κ3) is 3.79. The summed E-state index contributed by atoms with van der Waals surface area (Å²) in [6, 6.07) is 3.63. The van der Waals surface area contributed by atoms with Gasteiger partial charge in [0.25, 0.3) is 0 Å². The number of aliphatic hydroxyl groups is 1. The molecule has 5 nitrogen and oxygen atoms in total. The van der Waals surface area contributed by atoms with E-state index in [4.69, 9.17) is 9.84 Å². The van der Waals surface area contributed by atoms with Crippen molar-refractivity contribution in [3.05, 3.63) is 29.6 Å². The van der Waals surface area contributed by atoms with Gasteiger partial charge in [0.1, 0.15) is 10.7 Å². The molecule has 1 aliphatic rings. The molecule has 2 rings (SSSR count). The maximum atomic E-state index is 13.9. The van der Waals surface area contributed by atoms with E-state index in [0.717, 1.165) is 29.6 Å². The molecule has 21 heavy (non-hydrogen) atoms. The molecule has 1 fully saturated rings. The smallest absolute Gasteiger partial charge is 0.245 e. The minimum absolute atomic E-state index is 0.140. The largest absolute Gasteiger partial charge is 0.392 e. The number of hydrogen-bond donors (Lipinski definition) is 1. The van der Waals surface area contributed by atoms with Crippen molar-refractivity contribution in [2.24, 2.45) is 0 Å². The lowest BCUT2D eigenvalue weighted by molar-refractivity contribution is 0.00856. The van der Waals surface area contributed by atoms with Gasteiger partial charge in [-0.25, -0.2) is 12.8 Å². The Labute approximate surface area is 124 Å². The Bertz CT molecular complexity index is 585. The van der Waals surface area contributed by atoms with Crippen LogP contribution in [0, 0.1) is 5.82 Å². The van der Waals surface area contributed by atoms with Gasteiger partial charge in [0.05, 0.1) is 12.7 Å². The molecule has 0 aliphatic carbocycles. The van der Waals surface area contributed by atoms with Crippen LogP contribution >= 0.6 is 0 Å². The van der Waals surface area contributed by atoms with Crippen LogP contribution < -0.4 is 0 Å². The zero-order valence-corrected chi connectivity index (χ0v) is 12.8. The maximum Gasteiger partial charge on any atom is 0.245 e. The predicted octanol–water partition coefficient (Wildman–Crippen LogP) is 1.51. The van der Waals surface area contributed by atoms with E-state index in [2.05, 4.69) is 0 Å². The number of ether oxygens (including phenoxy) is 1. The van der Waals surface area contributed by atoms with E-state index in [1.54, 1.807) is 0 Å². The number of rotatable bonds is 5. The molecule has 1 unspecified atom stereocenters. The molecule has 0 amide bonds. The summed E-state index contributed by atoms with van der Waals surface area (Å²) in [5, 5.41) is 8.94. The summed E-state index contributed by atoms with van der Waals surface area (Å²) in [4.78, 5) is -0.377. The molecule has 0 spiro atoms. The second kappa shape index (κ2) is 6.83. The third-order valence-electron chi connectivity index (χ3n) is 3.60. The molecule has 1 aromatic rings. The van der Waals surface area contributed by atoms with Crippen molar-refractivity contribution in [2.75, 3.05) is 20.2 Å². The number of sulfonamides is 1. The highest BCUT2D eigenvalue weighted by Crippen LogP contribution is 2.22. The molecular formula is C14H20FNO4S. The monoisotopic (exact) mass is 317 g/mol. The van der Waals surface area contributed by atoms with Crippen molar-refractivity contribution in [1.29, 1.82) is 0 Å². The molecule has 0 bridgehead atoms. The summed E-state index contributed by atoms with van der Waals surface area (Å²) in [7, 11) is -2.47. The normalized spacial score (nSPS) is 19.9. The van der Waals surface area contributed by atoms with Gasteiger partial charge in [0.15, 0.2) is 0 Å². The molecule has 7 heteroatoms. The van der Waals surface area contributed by atoms with Crippen LogP contribution in [0.15, 0.2) is 23.1 Å². The molecule has 0 aromatic heterocycles. The van der Waals surface area contributed by atoms with Crippen molar-refractivity contribution >= 4 is 10.0 Å². The number of hydrogen-bond acceptors (Lipinski definition) is 4. The molecule has 1 aromatic carbocycles. The average Bonchev–Trinajstić information content (AvgIpc) is 2.47. The van der Waals surface area contributed by atoms with Crippen molar-refractivity contribution < 1.29 is 22.7 Å². The molecule has 1 atom stereocenters. The molecule has 118 valence electrons. The quantitative estimate of drug-likeness (QED) is 0.894. The topological polar surface area (TPSA) is 66.8 Å². The highest BCUT2D eigenvalue weighted by Gasteiger charge is 2.27. The summed E-state index contributed by atoms with van der Waals surface area (Å²) >= 11 is 0. The van der Waals surface area contributed by atoms with Gasteiger partial charge in [0, 0.05) is 20.2 Å². The molecule has 1 heterocycles. The summed E-state index contributed by atoms with van der Waals surface area (Å²) in [5.41, 5.74) is 0.338. The van der Waals surface area contributed by atoms with Crippen LogP contribution in [-0.2, 0) is 21.4 Å². The molecule has 1 saturated heterocycles. The lowest BCUT2D eigenvalue weighted by atomic mass is 10.1. The minimum Gasteiger partial charge on any atom is -0.392 e. The van der Waals surface area contributed by atoms with Gasteiger partial charge in [-0.2, -0.15) is 4.31 Å². The Hall–Kier alpha value is -1.02. The lowest BCUT2D eigenvalue weighted by Crippen LogP contribution is -2.37. The van der Waals surface area contributed by atoms with Gasteiger partial charge >= 0.3 is 0 Å². The molecule has 1 aliphatic heterocycles. The van der Waals surface area contributed by atoms with Crippen LogP contribution in [0.3, 0.4) is 0 Å². The van der Waals surface area contributed by atoms with Crippen molar-refractivity contribution in [3.63, 3.8) is 0 Å². The first-order valence-electron chi connectivity index (χ1n) is 6.92. The van der Waals surface area contributed by atoms with Crippen LogP contribution in [0.2, 0.25) is 0 Å². The van der Waals surface area contributed by atoms with Crippen LogP contribution in [0.5, 0.6) is 0 Å². The maximum absolute atomic E-state index is 13.9. The van der Waals surface area contributed by atoms with Gasteiger partial charge in [-0.05, 0) is 37.0 Å². The first-order valence-corrected chi connectivity index (χ1v) is 8.36. The summed E-state index contributed by atoms with van der Waals surface area (Å²) in [6.45, 7) is 0.518. The zero-order chi connectivity index (χ0) is 15.5. The van der Waals surface area contributed by atoms with Crippen molar-refractivity contribution in [2.45, 2.75) is 36.9 Å². The Balaban J connectivity index is 2.16. The number of likely N-dealkylation sites (N-methyl/N-ethyl adjacent to an activating group) is 1. The second-order valence-corrected chi connectivity index (χ2v) is 7.21. The average molecular weight is 317 g/mol. The summed E-state index contributed by atoms with van der Waals surface area (Å²) < 4.78 is 45.4. The molecule has 1 N–H and O–H groups in total. The highest BCUT2D eigenvalue weighted by molar-refractivity contribution is 7.89. The van der Waals surface area contributed by atoms with E-state index in [9.17, 15) is 12.8 Å². The van der Waals surface area contributed by atoms with Crippen molar-refractivity contribution in [3.8, 4) is 0 Å². The van der Waals surface area contributed by atoms with Crippen LogP contribution in [0.1, 0.15) is 24.8 Å². The summed E-state index contributed by atoms with van der Waals surface area (Å²) in [6.07, 6.45) is 2.67. The minimum atomic E-state index is -3.90.